The third kappa shape index (κ3) is 2.77. The van der Waals surface area contributed by atoms with E-state index in [1.165, 1.54) is 23.1 Å². The molecule has 0 fully saturated rings. The summed E-state index contributed by atoms with van der Waals surface area (Å²) in [4.78, 5) is 11.4. The lowest BCUT2D eigenvalue weighted by Gasteiger charge is -1.88. The standard InChI is InChI=1S/C8H6N2O2S3/c11-6(12)4-14-8-10-9-7(15-8)5-2-1-3-13-5/h1-3H,4H2,(H,11,12). The van der Waals surface area contributed by atoms with Crippen molar-refractivity contribution in [2.45, 2.75) is 4.34 Å². The molecule has 0 saturated heterocycles. The van der Waals surface area contributed by atoms with Gasteiger partial charge < -0.3 is 5.11 Å². The van der Waals surface area contributed by atoms with Gasteiger partial charge in [0.15, 0.2) is 9.35 Å². The zero-order valence-corrected chi connectivity index (χ0v) is 9.86. The molecule has 0 amide bonds. The predicted molar refractivity (Wildman–Crippen MR) is 61.6 cm³/mol. The molecule has 0 aromatic carbocycles. The molecule has 0 saturated carbocycles. The van der Waals surface area contributed by atoms with E-state index in [4.69, 9.17) is 5.11 Å². The second kappa shape index (κ2) is 4.73. The molecule has 0 aliphatic heterocycles. The van der Waals surface area contributed by atoms with Crippen LogP contribution < -0.4 is 0 Å². The molecule has 7 heteroatoms. The van der Waals surface area contributed by atoms with E-state index in [0.29, 0.717) is 4.34 Å². The van der Waals surface area contributed by atoms with E-state index in [-0.39, 0.29) is 5.75 Å². The van der Waals surface area contributed by atoms with E-state index in [1.807, 2.05) is 17.5 Å². The maximum atomic E-state index is 10.3. The van der Waals surface area contributed by atoms with E-state index in [2.05, 4.69) is 10.2 Å². The zero-order valence-electron chi connectivity index (χ0n) is 7.41. The minimum absolute atomic E-state index is 0.0269. The summed E-state index contributed by atoms with van der Waals surface area (Å²) in [5, 5.41) is 19.2. The van der Waals surface area contributed by atoms with Crippen LogP contribution in [0.15, 0.2) is 21.9 Å². The number of aliphatic carboxylic acids is 1. The quantitative estimate of drug-likeness (QED) is 0.853. The third-order valence-electron chi connectivity index (χ3n) is 1.46. The first-order valence-corrected chi connectivity index (χ1v) is 6.66. The van der Waals surface area contributed by atoms with Gasteiger partial charge in [-0.2, -0.15) is 0 Å². The van der Waals surface area contributed by atoms with Gasteiger partial charge in [-0.1, -0.05) is 29.2 Å². The fraction of sp³-hybridized carbons (Fsp3) is 0.125. The van der Waals surface area contributed by atoms with Crippen LogP contribution in [-0.4, -0.2) is 27.0 Å². The summed E-state index contributed by atoms with van der Waals surface area (Å²) < 4.78 is 0.695. The molecule has 2 aromatic heterocycles. The maximum absolute atomic E-state index is 10.3. The van der Waals surface area contributed by atoms with Crippen LogP contribution in [0.25, 0.3) is 9.88 Å². The molecular weight excluding hydrogens is 252 g/mol. The van der Waals surface area contributed by atoms with Crippen molar-refractivity contribution in [3.05, 3.63) is 17.5 Å². The summed E-state index contributed by atoms with van der Waals surface area (Å²) >= 11 is 4.21. The average Bonchev–Trinajstić information content (AvgIpc) is 2.85. The molecule has 0 bridgehead atoms. The van der Waals surface area contributed by atoms with Crippen LogP contribution in [0.5, 0.6) is 0 Å². The Morgan fingerprint density at radius 1 is 1.53 bits per heavy atom. The van der Waals surface area contributed by atoms with Crippen LogP contribution in [0.4, 0.5) is 0 Å². The topological polar surface area (TPSA) is 63.1 Å². The third-order valence-corrected chi connectivity index (χ3v) is 4.54. The fourth-order valence-electron chi connectivity index (χ4n) is 0.891. The van der Waals surface area contributed by atoms with Crippen molar-refractivity contribution in [3.8, 4) is 9.88 Å². The highest BCUT2D eigenvalue weighted by molar-refractivity contribution is 8.01. The summed E-state index contributed by atoms with van der Waals surface area (Å²) in [6, 6.07) is 3.92. The molecule has 0 spiro atoms. The molecule has 2 rings (SSSR count). The van der Waals surface area contributed by atoms with Gasteiger partial charge in [-0.25, -0.2) is 0 Å². The van der Waals surface area contributed by atoms with Crippen molar-refractivity contribution < 1.29 is 9.90 Å². The normalized spacial score (nSPS) is 10.4. The van der Waals surface area contributed by atoms with Gasteiger partial charge in [0.1, 0.15) is 0 Å². The largest absolute Gasteiger partial charge is 0.481 e. The van der Waals surface area contributed by atoms with Crippen molar-refractivity contribution in [1.82, 2.24) is 10.2 Å². The molecule has 0 radical (unpaired) electrons. The summed E-state index contributed by atoms with van der Waals surface area (Å²) in [5.41, 5.74) is 0. The Balaban J connectivity index is 2.08. The van der Waals surface area contributed by atoms with Crippen molar-refractivity contribution in [2.75, 3.05) is 5.75 Å². The number of nitrogens with zero attached hydrogens (tertiary/aromatic N) is 2. The van der Waals surface area contributed by atoms with E-state index >= 15 is 0 Å². The van der Waals surface area contributed by atoms with Crippen LogP contribution >= 0.6 is 34.4 Å². The van der Waals surface area contributed by atoms with Gasteiger partial charge in [0, 0.05) is 0 Å². The van der Waals surface area contributed by atoms with E-state index in [1.54, 1.807) is 11.3 Å². The van der Waals surface area contributed by atoms with Gasteiger partial charge in [-0.15, -0.1) is 21.5 Å². The minimum Gasteiger partial charge on any atom is -0.481 e. The highest BCUT2D eigenvalue weighted by atomic mass is 32.2. The molecular formula is C8H6N2O2S3. The molecule has 78 valence electrons. The van der Waals surface area contributed by atoms with Crippen molar-refractivity contribution in [1.29, 1.82) is 0 Å². The summed E-state index contributed by atoms with van der Waals surface area (Å²) in [5.74, 6) is -0.813. The smallest absolute Gasteiger partial charge is 0.313 e. The number of hydrogen-bond acceptors (Lipinski definition) is 6. The van der Waals surface area contributed by atoms with Crippen LogP contribution in [0.1, 0.15) is 0 Å². The first-order chi connectivity index (χ1) is 7.25. The number of thioether (sulfide) groups is 1. The van der Waals surface area contributed by atoms with Gasteiger partial charge in [-0.05, 0) is 11.4 Å². The maximum Gasteiger partial charge on any atom is 0.313 e. The Morgan fingerprint density at radius 2 is 2.40 bits per heavy atom. The van der Waals surface area contributed by atoms with Gasteiger partial charge in [0.25, 0.3) is 0 Å². The molecule has 2 heterocycles. The number of thiophene rings is 1. The Kier molecular flexibility index (Phi) is 3.34. The number of hydrogen-bond donors (Lipinski definition) is 1. The second-order valence-electron chi connectivity index (χ2n) is 2.53. The van der Waals surface area contributed by atoms with Gasteiger partial charge in [0.05, 0.1) is 10.6 Å². The number of aromatic nitrogens is 2. The predicted octanol–water partition coefficient (Wildman–Crippen LogP) is 2.44. The number of rotatable bonds is 4. The summed E-state index contributed by atoms with van der Waals surface area (Å²) in [6.07, 6.45) is 0. The van der Waals surface area contributed by atoms with E-state index in [0.717, 1.165) is 9.88 Å². The SMILES string of the molecule is O=C(O)CSc1nnc(-c2cccs2)s1. The molecule has 0 atom stereocenters. The fourth-order valence-corrected chi connectivity index (χ4v) is 3.26. The summed E-state index contributed by atoms with van der Waals surface area (Å²) in [6.45, 7) is 0. The van der Waals surface area contributed by atoms with E-state index < -0.39 is 5.97 Å². The van der Waals surface area contributed by atoms with Crippen LogP contribution in [0.3, 0.4) is 0 Å². The molecule has 0 unspecified atom stereocenters. The molecule has 0 aliphatic carbocycles. The molecule has 15 heavy (non-hydrogen) atoms. The average molecular weight is 258 g/mol. The van der Waals surface area contributed by atoms with Crippen LogP contribution in [0, 0.1) is 0 Å². The zero-order chi connectivity index (χ0) is 10.7. The Labute approximate surface area is 98.0 Å². The minimum atomic E-state index is -0.840. The first kappa shape index (κ1) is 10.6. The molecule has 2 aromatic rings. The highest BCUT2D eigenvalue weighted by Crippen LogP contribution is 2.31. The van der Waals surface area contributed by atoms with Gasteiger partial charge in [0.2, 0.25) is 0 Å². The second-order valence-corrected chi connectivity index (χ2v) is 5.68. The lowest BCUT2D eigenvalue weighted by Crippen LogP contribution is -1.96. The van der Waals surface area contributed by atoms with Crippen molar-refractivity contribution in [3.63, 3.8) is 0 Å². The lowest BCUT2D eigenvalue weighted by atomic mass is 10.5. The van der Waals surface area contributed by atoms with Crippen LogP contribution in [0.2, 0.25) is 0 Å². The molecule has 0 aliphatic rings. The number of carboxylic acid groups (broad SMARTS) is 1. The highest BCUT2D eigenvalue weighted by Gasteiger charge is 2.08. The number of carbonyl (C=O) groups is 1. The van der Waals surface area contributed by atoms with E-state index in [9.17, 15) is 4.79 Å². The Hall–Kier alpha value is -0.920. The summed E-state index contributed by atoms with van der Waals surface area (Å²) in [7, 11) is 0. The molecule has 1 N–H and O–H groups in total. The molecule has 4 nitrogen and oxygen atoms in total. The van der Waals surface area contributed by atoms with Crippen molar-refractivity contribution >= 4 is 40.4 Å². The van der Waals surface area contributed by atoms with Gasteiger partial charge in [-0.3, -0.25) is 4.79 Å². The Bertz CT molecular complexity index is 452. The lowest BCUT2D eigenvalue weighted by molar-refractivity contribution is -0.133. The van der Waals surface area contributed by atoms with Crippen LogP contribution in [-0.2, 0) is 4.79 Å². The monoisotopic (exact) mass is 258 g/mol. The van der Waals surface area contributed by atoms with Crippen molar-refractivity contribution in [2.24, 2.45) is 0 Å². The van der Waals surface area contributed by atoms with Gasteiger partial charge >= 0.3 is 5.97 Å². The Morgan fingerprint density at radius 3 is 3.07 bits per heavy atom. The first-order valence-electron chi connectivity index (χ1n) is 3.97. The number of carboxylic acids is 1.